The standard InChI is InChI=1S/C16H16F3N3O/c1-2-13(23)11-9-20-22-14(16(17,18)19)8-12(21-15(11)22)10-6-4-3-5-7-10/h3-7,9,12,14,21H,2,8H2,1H3. The van der Waals surface area contributed by atoms with Crippen molar-refractivity contribution in [1.29, 1.82) is 0 Å². The summed E-state index contributed by atoms with van der Waals surface area (Å²) in [5.41, 5.74) is 0.964. The van der Waals surface area contributed by atoms with E-state index in [1.165, 1.54) is 6.20 Å². The molecular formula is C16H16F3N3O. The van der Waals surface area contributed by atoms with E-state index in [0.717, 1.165) is 10.2 Å². The molecule has 0 saturated heterocycles. The molecule has 0 aliphatic carbocycles. The minimum absolute atomic E-state index is 0.152. The van der Waals surface area contributed by atoms with Gasteiger partial charge in [-0.15, -0.1) is 0 Å². The normalized spacial score (nSPS) is 20.7. The van der Waals surface area contributed by atoms with Crippen LogP contribution in [0.2, 0.25) is 0 Å². The molecule has 1 aromatic heterocycles. The van der Waals surface area contributed by atoms with E-state index >= 15 is 0 Å². The Balaban J connectivity index is 2.06. The second-order valence-electron chi connectivity index (χ2n) is 5.53. The molecule has 4 nitrogen and oxygen atoms in total. The van der Waals surface area contributed by atoms with Gasteiger partial charge in [-0.1, -0.05) is 37.3 Å². The fraction of sp³-hybridized carbons (Fsp3) is 0.375. The SMILES string of the molecule is CCC(=O)c1cnn2c1NC(c1ccccc1)CC2C(F)(F)F. The summed E-state index contributed by atoms with van der Waals surface area (Å²) in [5, 5.41) is 6.87. The molecule has 1 aliphatic rings. The van der Waals surface area contributed by atoms with Crippen LogP contribution in [0.25, 0.3) is 0 Å². The highest BCUT2D eigenvalue weighted by Crippen LogP contribution is 2.44. The fourth-order valence-electron chi connectivity index (χ4n) is 2.86. The molecule has 3 rings (SSSR count). The molecule has 0 saturated carbocycles. The number of carbonyl (C=O) groups excluding carboxylic acids is 1. The quantitative estimate of drug-likeness (QED) is 0.864. The average Bonchev–Trinajstić information content (AvgIpc) is 2.97. The number of carbonyl (C=O) groups is 1. The number of rotatable bonds is 3. The molecule has 0 spiro atoms. The number of hydrogen-bond acceptors (Lipinski definition) is 3. The van der Waals surface area contributed by atoms with Crippen molar-refractivity contribution in [3.63, 3.8) is 0 Å². The number of alkyl halides is 3. The maximum absolute atomic E-state index is 13.4. The molecule has 2 aromatic rings. The molecule has 1 aromatic carbocycles. The van der Waals surface area contributed by atoms with Crippen LogP contribution >= 0.6 is 0 Å². The lowest BCUT2D eigenvalue weighted by atomic mass is 9.96. The molecule has 1 aliphatic heterocycles. The zero-order valence-corrected chi connectivity index (χ0v) is 12.5. The Morgan fingerprint density at radius 3 is 2.65 bits per heavy atom. The maximum atomic E-state index is 13.4. The predicted molar refractivity (Wildman–Crippen MR) is 79.4 cm³/mol. The molecule has 0 bridgehead atoms. The lowest BCUT2D eigenvalue weighted by Crippen LogP contribution is -2.36. The first-order valence-electron chi connectivity index (χ1n) is 7.40. The van der Waals surface area contributed by atoms with E-state index in [1.807, 2.05) is 6.07 Å². The van der Waals surface area contributed by atoms with Crippen LogP contribution in [0.1, 0.15) is 47.8 Å². The highest BCUT2D eigenvalue weighted by Gasteiger charge is 2.47. The van der Waals surface area contributed by atoms with E-state index in [4.69, 9.17) is 0 Å². The summed E-state index contributed by atoms with van der Waals surface area (Å²) in [6, 6.07) is 6.66. The van der Waals surface area contributed by atoms with E-state index in [-0.39, 0.29) is 30.0 Å². The smallest absolute Gasteiger partial charge is 0.363 e. The van der Waals surface area contributed by atoms with Crippen LogP contribution in [-0.4, -0.2) is 21.7 Å². The van der Waals surface area contributed by atoms with Crippen LogP contribution in [0, 0.1) is 0 Å². The Morgan fingerprint density at radius 2 is 2.04 bits per heavy atom. The second-order valence-corrected chi connectivity index (χ2v) is 5.53. The zero-order chi connectivity index (χ0) is 16.6. The topological polar surface area (TPSA) is 46.9 Å². The largest absolute Gasteiger partial charge is 0.410 e. The summed E-state index contributed by atoms with van der Waals surface area (Å²) in [7, 11) is 0. The number of nitrogens with one attached hydrogen (secondary N) is 1. The highest BCUT2D eigenvalue weighted by molar-refractivity contribution is 6.00. The number of nitrogens with zero attached hydrogens (tertiary/aromatic N) is 2. The van der Waals surface area contributed by atoms with Crippen LogP contribution in [0.3, 0.4) is 0 Å². The minimum Gasteiger partial charge on any atom is -0.363 e. The minimum atomic E-state index is -4.43. The number of halogens is 3. The zero-order valence-electron chi connectivity index (χ0n) is 12.5. The molecule has 0 radical (unpaired) electrons. The molecule has 0 fully saturated rings. The van der Waals surface area contributed by atoms with Crippen molar-refractivity contribution in [2.24, 2.45) is 0 Å². The summed E-state index contributed by atoms with van der Waals surface area (Å²) in [5.74, 6) is -0.0762. The van der Waals surface area contributed by atoms with Gasteiger partial charge in [0.25, 0.3) is 0 Å². The highest BCUT2D eigenvalue weighted by atomic mass is 19.4. The summed E-state index contributed by atoms with van der Waals surface area (Å²) >= 11 is 0. The van der Waals surface area contributed by atoms with Crippen LogP contribution in [-0.2, 0) is 0 Å². The van der Waals surface area contributed by atoms with Crippen molar-refractivity contribution >= 4 is 11.6 Å². The van der Waals surface area contributed by atoms with Gasteiger partial charge < -0.3 is 5.32 Å². The molecule has 2 unspecified atom stereocenters. The molecule has 7 heteroatoms. The van der Waals surface area contributed by atoms with Crippen molar-refractivity contribution in [3.8, 4) is 0 Å². The number of benzene rings is 1. The summed E-state index contributed by atoms with van der Waals surface area (Å²) in [6.07, 6.45) is -3.16. The van der Waals surface area contributed by atoms with Crippen molar-refractivity contribution in [2.45, 2.75) is 38.0 Å². The Morgan fingerprint density at radius 1 is 1.35 bits per heavy atom. The monoisotopic (exact) mass is 323 g/mol. The van der Waals surface area contributed by atoms with E-state index in [2.05, 4.69) is 10.4 Å². The summed E-state index contributed by atoms with van der Waals surface area (Å²) in [6.45, 7) is 1.67. The van der Waals surface area contributed by atoms with Gasteiger partial charge in [-0.25, -0.2) is 4.68 Å². The molecule has 122 valence electrons. The third kappa shape index (κ3) is 2.83. The molecule has 1 N–H and O–H groups in total. The van der Waals surface area contributed by atoms with Gasteiger partial charge in [0.1, 0.15) is 5.82 Å². The molecule has 2 heterocycles. The number of anilines is 1. The van der Waals surface area contributed by atoms with Gasteiger partial charge in [0.2, 0.25) is 0 Å². The van der Waals surface area contributed by atoms with Crippen LogP contribution < -0.4 is 5.32 Å². The number of hydrogen-bond donors (Lipinski definition) is 1. The van der Waals surface area contributed by atoms with Crippen molar-refractivity contribution in [2.75, 3.05) is 5.32 Å². The Hall–Kier alpha value is -2.31. The number of Topliss-reactive ketones (excluding diaryl/α,β-unsaturated/α-hetero) is 1. The Labute approximate surface area is 131 Å². The molecule has 2 atom stereocenters. The number of ketones is 1. The lowest BCUT2D eigenvalue weighted by Gasteiger charge is -2.34. The van der Waals surface area contributed by atoms with Gasteiger partial charge in [-0.3, -0.25) is 4.79 Å². The second kappa shape index (κ2) is 5.72. The van der Waals surface area contributed by atoms with Crippen LogP contribution in [0.15, 0.2) is 36.5 Å². The van der Waals surface area contributed by atoms with Crippen LogP contribution in [0.5, 0.6) is 0 Å². The van der Waals surface area contributed by atoms with Gasteiger partial charge in [0, 0.05) is 12.8 Å². The molecule has 0 amide bonds. The van der Waals surface area contributed by atoms with Crippen LogP contribution in [0.4, 0.5) is 19.0 Å². The van der Waals surface area contributed by atoms with E-state index in [0.29, 0.717) is 0 Å². The number of aromatic nitrogens is 2. The van der Waals surface area contributed by atoms with Gasteiger partial charge in [0.05, 0.1) is 17.8 Å². The first kappa shape index (κ1) is 15.6. The van der Waals surface area contributed by atoms with Crippen molar-refractivity contribution in [3.05, 3.63) is 47.7 Å². The van der Waals surface area contributed by atoms with Crippen molar-refractivity contribution in [1.82, 2.24) is 9.78 Å². The lowest BCUT2D eigenvalue weighted by molar-refractivity contribution is -0.173. The van der Waals surface area contributed by atoms with Crippen molar-refractivity contribution < 1.29 is 18.0 Å². The third-order valence-electron chi connectivity index (χ3n) is 4.06. The summed E-state index contributed by atoms with van der Waals surface area (Å²) in [4.78, 5) is 12.0. The molecular weight excluding hydrogens is 307 g/mol. The first-order valence-corrected chi connectivity index (χ1v) is 7.40. The van der Waals surface area contributed by atoms with Gasteiger partial charge in [-0.05, 0) is 5.56 Å². The average molecular weight is 323 g/mol. The fourth-order valence-corrected chi connectivity index (χ4v) is 2.86. The Bertz CT molecular complexity index is 709. The van der Waals surface area contributed by atoms with E-state index < -0.39 is 18.3 Å². The Kier molecular flexibility index (Phi) is 3.87. The molecule has 23 heavy (non-hydrogen) atoms. The third-order valence-corrected chi connectivity index (χ3v) is 4.06. The summed E-state index contributed by atoms with van der Waals surface area (Å²) < 4.78 is 41.2. The number of fused-ring (bicyclic) bond motifs is 1. The van der Waals surface area contributed by atoms with Gasteiger partial charge >= 0.3 is 6.18 Å². The van der Waals surface area contributed by atoms with E-state index in [1.54, 1.807) is 31.2 Å². The maximum Gasteiger partial charge on any atom is 0.410 e. The van der Waals surface area contributed by atoms with Gasteiger partial charge in [0.15, 0.2) is 11.8 Å². The first-order chi connectivity index (χ1) is 10.9. The predicted octanol–water partition coefficient (Wildman–Crippen LogP) is 4.14. The van der Waals surface area contributed by atoms with E-state index in [9.17, 15) is 18.0 Å². The van der Waals surface area contributed by atoms with Gasteiger partial charge in [-0.2, -0.15) is 18.3 Å².